The molecular weight excluding hydrogens is 424 g/mol. The number of esters is 1. The SMILES string of the molecule is O=C(Oc1cccc2[nH]nnc12)[C@](Cc1c[nH]cn1)(N(c1ccccc1)[N+](=O)[O-])[N+](=O)[O-]. The van der Waals surface area contributed by atoms with Gasteiger partial charge in [-0.1, -0.05) is 29.5 Å². The topological polar surface area (TPSA) is 186 Å². The third kappa shape index (κ3) is 3.45. The molecule has 162 valence electrons. The van der Waals surface area contributed by atoms with Crippen LogP contribution < -0.4 is 9.75 Å². The number of nitrogens with zero attached hydrogens (tertiary/aromatic N) is 6. The number of carbonyl (C=O) groups is 1. The molecular formula is C18H14N8O6. The molecule has 1 atom stereocenters. The van der Waals surface area contributed by atoms with Crippen LogP contribution in [-0.4, -0.2) is 47.0 Å². The van der Waals surface area contributed by atoms with E-state index in [0.29, 0.717) is 5.52 Å². The van der Waals surface area contributed by atoms with E-state index < -0.39 is 28.0 Å². The smallest absolute Gasteiger partial charge is 0.417 e. The molecule has 14 nitrogen and oxygen atoms in total. The number of H-pyrrole nitrogens is 2. The molecule has 0 aliphatic rings. The standard InChI is InChI=1S/C18H14N8O6/c27-17(32-15-8-4-7-14-16(15)22-23-21-14)18(25(28)29,9-12-10-19-11-20-12)24(26(30)31)13-5-2-1-3-6-13/h1-8,10-11H,9H2,(H,19,20)(H,21,22,23)/t18-/m1/s1. The number of hydrazine groups is 1. The second-order valence-electron chi connectivity index (χ2n) is 6.55. The van der Waals surface area contributed by atoms with Crippen molar-refractivity contribution >= 4 is 22.7 Å². The summed E-state index contributed by atoms with van der Waals surface area (Å²) < 4.78 is 5.33. The lowest BCUT2D eigenvalue weighted by atomic mass is 10.0. The lowest BCUT2D eigenvalue weighted by Gasteiger charge is -2.27. The minimum Gasteiger partial charge on any atom is -0.417 e. The zero-order valence-electron chi connectivity index (χ0n) is 16.1. The molecule has 4 aromatic rings. The second-order valence-corrected chi connectivity index (χ2v) is 6.55. The zero-order chi connectivity index (χ0) is 22.7. The molecule has 2 heterocycles. The monoisotopic (exact) mass is 438 g/mol. The summed E-state index contributed by atoms with van der Waals surface area (Å²) in [5.41, 5.74) is -2.61. The van der Waals surface area contributed by atoms with E-state index in [1.54, 1.807) is 12.1 Å². The van der Waals surface area contributed by atoms with E-state index in [2.05, 4.69) is 25.4 Å². The van der Waals surface area contributed by atoms with Crippen molar-refractivity contribution in [3.8, 4) is 5.75 Å². The van der Waals surface area contributed by atoms with Crippen LogP contribution in [0.2, 0.25) is 0 Å². The number of anilines is 1. The molecule has 0 saturated carbocycles. The molecule has 0 saturated heterocycles. The molecule has 0 spiro atoms. The minimum absolute atomic E-state index is 0.0427. The number of para-hydroxylation sites is 1. The van der Waals surface area contributed by atoms with E-state index in [9.17, 15) is 25.0 Å². The molecule has 2 aromatic carbocycles. The number of nitro groups is 2. The first-order chi connectivity index (χ1) is 15.4. The normalized spacial score (nSPS) is 12.8. The highest BCUT2D eigenvalue weighted by atomic mass is 16.7. The maximum absolute atomic E-state index is 13.4. The van der Waals surface area contributed by atoms with Gasteiger partial charge in [0.1, 0.15) is 5.69 Å². The number of hydrogen-bond acceptors (Lipinski definition) is 9. The summed E-state index contributed by atoms with van der Waals surface area (Å²) in [6.07, 6.45) is 1.78. The molecule has 0 fully saturated rings. The fourth-order valence-electron chi connectivity index (χ4n) is 3.21. The molecule has 32 heavy (non-hydrogen) atoms. The summed E-state index contributed by atoms with van der Waals surface area (Å²) in [5, 5.41) is 33.6. The van der Waals surface area contributed by atoms with Crippen molar-refractivity contribution in [2.45, 2.75) is 12.1 Å². The van der Waals surface area contributed by atoms with Gasteiger partial charge in [0.05, 0.1) is 28.9 Å². The van der Waals surface area contributed by atoms with Crippen molar-refractivity contribution in [1.82, 2.24) is 25.4 Å². The van der Waals surface area contributed by atoms with Crippen LogP contribution in [0.25, 0.3) is 11.0 Å². The number of carbonyl (C=O) groups excluding carboxylic acids is 1. The Morgan fingerprint density at radius 3 is 2.56 bits per heavy atom. The summed E-state index contributed by atoms with van der Waals surface area (Å²) >= 11 is 0. The number of hydrogen-bond donors (Lipinski definition) is 2. The molecule has 14 heteroatoms. The van der Waals surface area contributed by atoms with E-state index in [1.807, 2.05) is 0 Å². The van der Waals surface area contributed by atoms with Gasteiger partial charge in [-0.15, -0.1) is 5.10 Å². The fourth-order valence-corrected chi connectivity index (χ4v) is 3.21. The van der Waals surface area contributed by atoms with Gasteiger partial charge in [0.15, 0.2) is 16.3 Å². The maximum Gasteiger partial charge on any atom is 0.450 e. The Hall–Kier alpha value is -4.88. The molecule has 2 N–H and O–H groups in total. The number of fused-ring (bicyclic) bond motifs is 1. The number of aromatic nitrogens is 5. The Bertz CT molecular complexity index is 1280. The average molecular weight is 438 g/mol. The lowest BCUT2D eigenvalue weighted by Crippen LogP contribution is -2.65. The quantitative estimate of drug-likeness (QED) is 0.134. The van der Waals surface area contributed by atoms with Gasteiger partial charge in [-0.3, -0.25) is 15.2 Å². The van der Waals surface area contributed by atoms with E-state index in [1.165, 1.54) is 48.9 Å². The highest BCUT2D eigenvalue weighted by Gasteiger charge is 2.65. The first-order valence-electron chi connectivity index (χ1n) is 9.07. The molecule has 0 radical (unpaired) electrons. The number of ether oxygens (including phenoxy) is 1. The summed E-state index contributed by atoms with van der Waals surface area (Å²) in [4.78, 5) is 43.3. The lowest BCUT2D eigenvalue weighted by molar-refractivity contribution is -0.624. The Morgan fingerprint density at radius 1 is 1.12 bits per heavy atom. The molecule has 0 aliphatic carbocycles. The van der Waals surface area contributed by atoms with E-state index in [4.69, 9.17) is 4.74 Å². The highest BCUT2D eigenvalue weighted by molar-refractivity contribution is 5.89. The highest BCUT2D eigenvalue weighted by Crippen LogP contribution is 2.31. The van der Waals surface area contributed by atoms with Gasteiger partial charge in [0.25, 0.3) is 0 Å². The molecule has 4 rings (SSSR count). The van der Waals surface area contributed by atoms with E-state index >= 15 is 0 Å². The van der Waals surface area contributed by atoms with Crippen molar-refractivity contribution in [1.29, 1.82) is 0 Å². The molecule has 0 aliphatic heterocycles. The number of rotatable bonds is 8. The average Bonchev–Trinajstić information content (AvgIpc) is 3.45. The van der Waals surface area contributed by atoms with Crippen LogP contribution in [0.5, 0.6) is 5.75 Å². The third-order valence-electron chi connectivity index (χ3n) is 4.65. The van der Waals surface area contributed by atoms with E-state index in [0.717, 1.165) is 0 Å². The zero-order valence-corrected chi connectivity index (χ0v) is 16.1. The number of aromatic amines is 2. The summed E-state index contributed by atoms with van der Waals surface area (Å²) in [6, 6.07) is 11.5. The predicted octanol–water partition coefficient (Wildman–Crippen LogP) is 1.50. The van der Waals surface area contributed by atoms with Crippen molar-refractivity contribution in [3.05, 3.63) is 87.0 Å². The molecule has 2 aromatic heterocycles. The van der Waals surface area contributed by atoms with Crippen molar-refractivity contribution in [2.24, 2.45) is 0 Å². The van der Waals surface area contributed by atoms with Crippen LogP contribution in [-0.2, 0) is 11.2 Å². The second kappa shape index (κ2) is 8.10. The van der Waals surface area contributed by atoms with Crippen molar-refractivity contribution < 1.29 is 19.5 Å². The van der Waals surface area contributed by atoms with Gasteiger partial charge in [-0.2, -0.15) is 0 Å². The number of benzene rings is 2. The predicted molar refractivity (Wildman–Crippen MR) is 107 cm³/mol. The largest absolute Gasteiger partial charge is 0.450 e. The number of nitrogens with one attached hydrogen (secondary N) is 2. The van der Waals surface area contributed by atoms with Crippen molar-refractivity contribution in [2.75, 3.05) is 5.01 Å². The van der Waals surface area contributed by atoms with Crippen molar-refractivity contribution in [3.63, 3.8) is 0 Å². The maximum atomic E-state index is 13.4. The Morgan fingerprint density at radius 2 is 1.91 bits per heavy atom. The summed E-state index contributed by atoms with van der Waals surface area (Å²) in [5.74, 6) is -1.65. The Balaban J connectivity index is 1.87. The third-order valence-corrected chi connectivity index (χ3v) is 4.65. The fraction of sp³-hybridized carbons (Fsp3) is 0.111. The minimum atomic E-state index is -2.99. The molecule has 0 amide bonds. The molecule has 0 unspecified atom stereocenters. The van der Waals surface area contributed by atoms with Crippen LogP contribution >= 0.6 is 0 Å². The van der Waals surface area contributed by atoms with Crippen LogP contribution in [0, 0.1) is 20.2 Å². The van der Waals surface area contributed by atoms with E-state index in [-0.39, 0.29) is 27.7 Å². The van der Waals surface area contributed by atoms with Gasteiger partial charge in [-0.05, 0) is 29.3 Å². The Kier molecular flexibility index (Phi) is 5.16. The van der Waals surface area contributed by atoms with Crippen LogP contribution in [0.4, 0.5) is 5.69 Å². The van der Waals surface area contributed by atoms with Gasteiger partial charge in [0.2, 0.25) is 0 Å². The van der Waals surface area contributed by atoms with Gasteiger partial charge >= 0.3 is 11.6 Å². The summed E-state index contributed by atoms with van der Waals surface area (Å²) in [6.45, 7) is 0. The molecule has 0 bridgehead atoms. The van der Waals surface area contributed by atoms with Gasteiger partial charge in [0, 0.05) is 6.20 Å². The first-order valence-corrected chi connectivity index (χ1v) is 9.07. The first kappa shape index (κ1) is 20.4. The van der Waals surface area contributed by atoms with Gasteiger partial charge in [-0.25, -0.2) is 19.9 Å². The van der Waals surface area contributed by atoms with Gasteiger partial charge < -0.3 is 9.72 Å². The van der Waals surface area contributed by atoms with Crippen LogP contribution in [0.3, 0.4) is 0 Å². The van der Waals surface area contributed by atoms with Crippen LogP contribution in [0.1, 0.15) is 5.69 Å². The summed E-state index contributed by atoms with van der Waals surface area (Å²) in [7, 11) is 0. The number of imidazole rings is 1. The van der Waals surface area contributed by atoms with Crippen LogP contribution in [0.15, 0.2) is 61.1 Å². The Labute approximate surface area is 178 Å².